The number of aromatic amines is 1. The standard InChI is InChI=1S/C18H15N5/c1-12(17-10-13-6-2-3-7-14(13)11-19-17)22-23-18-20-15-8-4-5-9-16(15)21-18/h2-11H,1H3,(H2,20,21,23)/b22-12+. The molecule has 5 heteroatoms. The van der Waals surface area contributed by atoms with E-state index in [4.69, 9.17) is 0 Å². The maximum absolute atomic E-state index is 4.46. The molecule has 0 aliphatic heterocycles. The molecule has 23 heavy (non-hydrogen) atoms. The molecule has 2 aromatic heterocycles. The third-order valence-corrected chi connectivity index (χ3v) is 3.72. The van der Waals surface area contributed by atoms with Crippen molar-refractivity contribution in [3.63, 3.8) is 0 Å². The van der Waals surface area contributed by atoms with Crippen LogP contribution in [0.5, 0.6) is 0 Å². The summed E-state index contributed by atoms with van der Waals surface area (Å²) in [6.07, 6.45) is 1.87. The van der Waals surface area contributed by atoms with Crippen LogP contribution in [0.4, 0.5) is 5.95 Å². The third-order valence-electron chi connectivity index (χ3n) is 3.72. The molecule has 2 aromatic carbocycles. The van der Waals surface area contributed by atoms with Gasteiger partial charge in [0, 0.05) is 11.6 Å². The number of nitrogens with zero attached hydrogens (tertiary/aromatic N) is 3. The molecule has 0 amide bonds. The van der Waals surface area contributed by atoms with Gasteiger partial charge in [-0.1, -0.05) is 36.4 Å². The first kappa shape index (κ1) is 13.5. The Kier molecular flexibility index (Phi) is 3.24. The Labute approximate surface area is 133 Å². The number of hydrogen-bond acceptors (Lipinski definition) is 4. The van der Waals surface area contributed by atoms with Gasteiger partial charge in [-0.2, -0.15) is 5.10 Å². The molecule has 0 radical (unpaired) electrons. The number of rotatable bonds is 3. The topological polar surface area (TPSA) is 66.0 Å². The number of hydrazone groups is 1. The van der Waals surface area contributed by atoms with Crippen LogP contribution in [-0.2, 0) is 0 Å². The highest BCUT2D eigenvalue weighted by atomic mass is 15.4. The normalized spacial score (nSPS) is 12.0. The lowest BCUT2D eigenvalue weighted by Crippen LogP contribution is -2.02. The van der Waals surface area contributed by atoms with Crippen molar-refractivity contribution in [3.05, 3.63) is 66.5 Å². The third kappa shape index (κ3) is 2.64. The Bertz CT molecular complexity index is 983. The summed E-state index contributed by atoms with van der Waals surface area (Å²) in [5, 5.41) is 6.65. The molecule has 0 atom stereocenters. The molecule has 0 saturated heterocycles. The summed E-state index contributed by atoms with van der Waals surface area (Å²) in [5.41, 5.74) is 6.49. The predicted octanol–water partition coefficient (Wildman–Crippen LogP) is 3.95. The highest BCUT2D eigenvalue weighted by Crippen LogP contribution is 2.15. The average molecular weight is 301 g/mol. The Balaban J connectivity index is 1.61. The monoisotopic (exact) mass is 301 g/mol. The second-order valence-corrected chi connectivity index (χ2v) is 5.33. The Morgan fingerprint density at radius 1 is 1.04 bits per heavy atom. The Morgan fingerprint density at radius 3 is 2.70 bits per heavy atom. The van der Waals surface area contributed by atoms with Crippen molar-refractivity contribution >= 4 is 33.5 Å². The number of benzene rings is 2. The number of anilines is 1. The fraction of sp³-hybridized carbons (Fsp3) is 0.0556. The zero-order valence-electron chi connectivity index (χ0n) is 12.6. The SMILES string of the molecule is C/C(=N\Nc1nc2ccccc2[nH]1)c1cc2ccccc2cn1. The first-order chi connectivity index (χ1) is 11.3. The van der Waals surface area contributed by atoms with Crippen LogP contribution in [0.1, 0.15) is 12.6 Å². The number of fused-ring (bicyclic) bond motifs is 2. The van der Waals surface area contributed by atoms with E-state index in [1.54, 1.807) is 0 Å². The van der Waals surface area contributed by atoms with Crippen LogP contribution in [-0.4, -0.2) is 20.7 Å². The molecule has 0 aliphatic rings. The molecule has 4 rings (SSSR count). The summed E-state index contributed by atoms with van der Waals surface area (Å²) < 4.78 is 0. The van der Waals surface area contributed by atoms with Crippen molar-refractivity contribution in [2.75, 3.05) is 5.43 Å². The Morgan fingerprint density at radius 2 is 1.83 bits per heavy atom. The zero-order chi connectivity index (χ0) is 15.6. The minimum Gasteiger partial charge on any atom is -0.323 e. The molecule has 4 aromatic rings. The molecule has 112 valence electrons. The molecule has 2 N–H and O–H groups in total. The van der Waals surface area contributed by atoms with Gasteiger partial charge >= 0.3 is 0 Å². The van der Waals surface area contributed by atoms with Gasteiger partial charge in [-0.25, -0.2) is 10.4 Å². The lowest BCUT2D eigenvalue weighted by atomic mass is 10.1. The smallest absolute Gasteiger partial charge is 0.222 e. The van der Waals surface area contributed by atoms with Gasteiger partial charge in [-0.15, -0.1) is 0 Å². The molecule has 0 fully saturated rings. The fourth-order valence-electron chi connectivity index (χ4n) is 2.48. The van der Waals surface area contributed by atoms with Gasteiger partial charge in [0.2, 0.25) is 5.95 Å². The molecule has 0 unspecified atom stereocenters. The van der Waals surface area contributed by atoms with Crippen LogP contribution in [0.25, 0.3) is 21.8 Å². The van der Waals surface area contributed by atoms with Crippen molar-refractivity contribution in [3.8, 4) is 0 Å². The highest BCUT2D eigenvalue weighted by molar-refractivity contribution is 6.00. The van der Waals surface area contributed by atoms with Crippen molar-refractivity contribution in [1.82, 2.24) is 15.0 Å². The second-order valence-electron chi connectivity index (χ2n) is 5.33. The van der Waals surface area contributed by atoms with E-state index in [1.807, 2.05) is 61.7 Å². The number of H-pyrrole nitrogens is 1. The van der Waals surface area contributed by atoms with Gasteiger partial charge in [-0.05, 0) is 30.5 Å². The molecule has 0 bridgehead atoms. The second kappa shape index (κ2) is 5.53. The molecule has 5 nitrogen and oxygen atoms in total. The Hall–Kier alpha value is -3.21. The van der Waals surface area contributed by atoms with Crippen LogP contribution >= 0.6 is 0 Å². The van der Waals surface area contributed by atoms with Gasteiger partial charge < -0.3 is 4.98 Å². The van der Waals surface area contributed by atoms with Gasteiger partial charge in [0.15, 0.2) is 0 Å². The quantitative estimate of drug-likeness (QED) is 0.445. The molecule has 2 heterocycles. The van der Waals surface area contributed by atoms with E-state index in [0.717, 1.165) is 33.2 Å². The first-order valence-electron chi connectivity index (χ1n) is 7.40. The van der Waals surface area contributed by atoms with Crippen molar-refractivity contribution in [2.45, 2.75) is 6.92 Å². The maximum atomic E-state index is 4.46. The van der Waals surface area contributed by atoms with Gasteiger partial charge in [-0.3, -0.25) is 4.98 Å². The van der Waals surface area contributed by atoms with Crippen LogP contribution in [0.3, 0.4) is 0 Å². The summed E-state index contributed by atoms with van der Waals surface area (Å²) in [7, 11) is 0. The summed E-state index contributed by atoms with van der Waals surface area (Å²) in [5.74, 6) is 0.617. The van der Waals surface area contributed by atoms with E-state index < -0.39 is 0 Å². The number of pyridine rings is 1. The van der Waals surface area contributed by atoms with E-state index in [-0.39, 0.29) is 0 Å². The molecule has 0 aliphatic carbocycles. The van der Waals surface area contributed by atoms with E-state index in [9.17, 15) is 0 Å². The van der Waals surface area contributed by atoms with E-state index in [1.165, 1.54) is 0 Å². The van der Waals surface area contributed by atoms with Crippen molar-refractivity contribution < 1.29 is 0 Å². The molecule has 0 spiro atoms. The van der Waals surface area contributed by atoms with Gasteiger partial charge in [0.1, 0.15) is 0 Å². The van der Waals surface area contributed by atoms with E-state index >= 15 is 0 Å². The number of nitrogens with one attached hydrogen (secondary N) is 2. The minimum absolute atomic E-state index is 0.617. The van der Waals surface area contributed by atoms with Crippen LogP contribution in [0, 0.1) is 0 Å². The molecular weight excluding hydrogens is 286 g/mol. The van der Waals surface area contributed by atoms with Gasteiger partial charge in [0.25, 0.3) is 0 Å². The van der Waals surface area contributed by atoms with E-state index in [0.29, 0.717) is 5.95 Å². The van der Waals surface area contributed by atoms with Crippen LogP contribution in [0.2, 0.25) is 0 Å². The number of imidazole rings is 1. The summed E-state index contributed by atoms with van der Waals surface area (Å²) >= 11 is 0. The average Bonchev–Trinajstić information content (AvgIpc) is 3.02. The lowest BCUT2D eigenvalue weighted by molar-refractivity contribution is 1.19. The predicted molar refractivity (Wildman–Crippen MR) is 93.7 cm³/mol. The van der Waals surface area contributed by atoms with Crippen LogP contribution in [0.15, 0.2) is 65.9 Å². The fourth-order valence-corrected chi connectivity index (χ4v) is 2.48. The van der Waals surface area contributed by atoms with Crippen molar-refractivity contribution in [1.29, 1.82) is 0 Å². The largest absolute Gasteiger partial charge is 0.323 e. The van der Waals surface area contributed by atoms with E-state index in [2.05, 4.69) is 31.5 Å². The summed E-state index contributed by atoms with van der Waals surface area (Å²) in [6, 6.07) is 18.0. The number of hydrogen-bond donors (Lipinski definition) is 2. The number of aromatic nitrogens is 3. The summed E-state index contributed by atoms with van der Waals surface area (Å²) in [6.45, 7) is 1.92. The first-order valence-corrected chi connectivity index (χ1v) is 7.40. The van der Waals surface area contributed by atoms with Gasteiger partial charge in [0.05, 0.1) is 22.4 Å². The zero-order valence-corrected chi connectivity index (χ0v) is 12.6. The highest BCUT2D eigenvalue weighted by Gasteiger charge is 2.03. The maximum Gasteiger partial charge on any atom is 0.222 e. The van der Waals surface area contributed by atoms with Crippen LogP contribution < -0.4 is 5.43 Å². The van der Waals surface area contributed by atoms with Crippen molar-refractivity contribution in [2.24, 2.45) is 5.10 Å². The minimum atomic E-state index is 0.617. The molecule has 0 saturated carbocycles. The molecular formula is C18H15N5. The number of para-hydroxylation sites is 2. The lowest BCUT2D eigenvalue weighted by Gasteiger charge is -2.03. The summed E-state index contributed by atoms with van der Waals surface area (Å²) in [4.78, 5) is 12.1.